The van der Waals surface area contributed by atoms with Gasteiger partial charge in [0.1, 0.15) is 5.60 Å². The highest BCUT2D eigenvalue weighted by molar-refractivity contribution is 14.0. The van der Waals surface area contributed by atoms with Crippen LogP contribution in [0.25, 0.3) is 0 Å². The number of piperidine rings is 1. The van der Waals surface area contributed by atoms with Crippen molar-refractivity contribution < 1.29 is 9.53 Å². The zero-order valence-electron chi connectivity index (χ0n) is 20.3. The van der Waals surface area contributed by atoms with E-state index in [4.69, 9.17) is 4.74 Å². The largest absolute Gasteiger partial charge is 0.444 e. The lowest BCUT2D eigenvalue weighted by Gasteiger charge is -2.40. The van der Waals surface area contributed by atoms with Crippen molar-refractivity contribution in [3.8, 4) is 0 Å². The highest BCUT2D eigenvalue weighted by Crippen LogP contribution is 2.32. The number of guanidine groups is 1. The average Bonchev–Trinajstić information content (AvgIpc) is 3.44. The molecule has 0 spiro atoms. The molecule has 0 unspecified atom stereocenters. The Kier molecular flexibility index (Phi) is 10.1. The molecule has 2 heterocycles. The van der Waals surface area contributed by atoms with Gasteiger partial charge in [-0.15, -0.1) is 24.0 Å². The fraction of sp³-hybridized carbons (Fsp3) is 0.783. The number of hydrogen-bond donors (Lipinski definition) is 1. The molecule has 9 heteroatoms. The van der Waals surface area contributed by atoms with Gasteiger partial charge in [-0.25, -0.2) is 4.79 Å². The molecule has 1 aliphatic carbocycles. The number of halogens is 1. The highest BCUT2D eigenvalue weighted by Gasteiger charge is 2.35. The summed E-state index contributed by atoms with van der Waals surface area (Å²) in [6.07, 6.45) is 10.2. The molecule has 0 aromatic carbocycles. The fourth-order valence-electron chi connectivity index (χ4n) is 4.09. The Balaban J connectivity index is 0.00000363. The first-order chi connectivity index (χ1) is 14.7. The van der Waals surface area contributed by atoms with Gasteiger partial charge in [-0.3, -0.25) is 9.67 Å². The van der Waals surface area contributed by atoms with Crippen LogP contribution in [0.4, 0.5) is 4.79 Å². The molecule has 0 radical (unpaired) electrons. The summed E-state index contributed by atoms with van der Waals surface area (Å²) >= 11 is 0. The lowest BCUT2D eigenvalue weighted by Crippen LogP contribution is -2.52. The number of likely N-dealkylation sites (tertiary alicyclic amines) is 1. The minimum Gasteiger partial charge on any atom is -0.444 e. The molecular weight excluding hydrogens is 519 g/mol. The van der Waals surface area contributed by atoms with E-state index in [9.17, 15) is 4.79 Å². The van der Waals surface area contributed by atoms with Crippen molar-refractivity contribution in [2.24, 2.45) is 18.0 Å². The summed E-state index contributed by atoms with van der Waals surface area (Å²) in [6, 6.07) is 0.246. The maximum absolute atomic E-state index is 12.8. The number of rotatable bonds is 7. The molecule has 1 aromatic heterocycles. The molecule has 32 heavy (non-hydrogen) atoms. The number of nitrogens with zero attached hydrogens (tertiary/aromatic N) is 5. The summed E-state index contributed by atoms with van der Waals surface area (Å²) in [7, 11) is 3.79. The second-order valence-corrected chi connectivity index (χ2v) is 9.89. The molecule has 2 fully saturated rings. The van der Waals surface area contributed by atoms with Crippen LogP contribution in [0.2, 0.25) is 0 Å². The first-order valence-corrected chi connectivity index (χ1v) is 11.7. The van der Waals surface area contributed by atoms with Crippen molar-refractivity contribution in [2.45, 2.75) is 70.9 Å². The number of ether oxygens (including phenoxy) is 1. The van der Waals surface area contributed by atoms with Gasteiger partial charge in [-0.2, -0.15) is 5.10 Å². The molecular formula is C23H41IN6O2. The van der Waals surface area contributed by atoms with Crippen molar-refractivity contribution in [3.63, 3.8) is 0 Å². The molecule has 2 aliphatic rings. The number of aliphatic imine (C=N–C) groups is 1. The van der Waals surface area contributed by atoms with Gasteiger partial charge in [-0.05, 0) is 70.8 Å². The summed E-state index contributed by atoms with van der Waals surface area (Å²) in [6.45, 7) is 9.33. The minimum absolute atomic E-state index is 0. The van der Waals surface area contributed by atoms with Crippen molar-refractivity contribution in [3.05, 3.63) is 18.0 Å². The highest BCUT2D eigenvalue weighted by atomic mass is 127. The normalized spacial score (nSPS) is 17.7. The third kappa shape index (κ3) is 8.44. The Bertz CT molecular complexity index is 748. The minimum atomic E-state index is -0.457. The third-order valence-electron chi connectivity index (χ3n) is 5.88. The lowest BCUT2D eigenvalue weighted by atomic mass is 10.0. The second kappa shape index (κ2) is 12.1. The SMILES string of the molecule is CN=C(NCCCc1cnn(C)c1)N1CCC(N(CC2CC2)C(=O)OC(C)(C)C)CC1.I. The Morgan fingerprint density at radius 1 is 1.28 bits per heavy atom. The number of amides is 1. The maximum atomic E-state index is 12.8. The second-order valence-electron chi connectivity index (χ2n) is 9.89. The standard InChI is InChI=1S/C23H40N6O2.HI/c1-23(2,3)31-22(30)29(17-18-8-9-18)20-10-13-28(14-11-20)21(24-4)25-12-6-7-19-15-26-27(5)16-19;/h15-16,18,20H,6-14,17H2,1-5H3,(H,24,25);1H. The first kappa shape index (κ1) is 26.7. The molecule has 0 atom stereocenters. The summed E-state index contributed by atoms with van der Waals surface area (Å²) in [5, 5.41) is 7.72. The van der Waals surface area contributed by atoms with Gasteiger partial charge in [0.25, 0.3) is 0 Å². The van der Waals surface area contributed by atoms with Crippen LogP contribution in [0.1, 0.15) is 58.4 Å². The number of carbonyl (C=O) groups is 1. The Morgan fingerprint density at radius 3 is 2.50 bits per heavy atom. The van der Waals surface area contributed by atoms with E-state index in [2.05, 4.69) is 26.5 Å². The quantitative estimate of drug-likeness (QED) is 0.239. The Hall–Kier alpha value is -1.52. The van der Waals surface area contributed by atoms with Crippen LogP contribution in [0.15, 0.2) is 17.4 Å². The van der Waals surface area contributed by atoms with Gasteiger partial charge in [0, 0.05) is 52.5 Å². The molecule has 1 amide bonds. The van der Waals surface area contributed by atoms with Crippen LogP contribution in [-0.4, -0.2) is 76.5 Å². The summed E-state index contributed by atoms with van der Waals surface area (Å²) in [5.74, 6) is 1.61. The van der Waals surface area contributed by atoms with Crippen molar-refractivity contribution in [1.29, 1.82) is 0 Å². The average molecular weight is 561 g/mol. The summed E-state index contributed by atoms with van der Waals surface area (Å²) in [4.78, 5) is 21.6. The molecule has 1 saturated heterocycles. The molecule has 0 bridgehead atoms. The van der Waals surface area contributed by atoms with E-state index in [1.165, 1.54) is 18.4 Å². The molecule has 1 saturated carbocycles. The van der Waals surface area contributed by atoms with E-state index in [0.717, 1.165) is 57.8 Å². The lowest BCUT2D eigenvalue weighted by molar-refractivity contribution is 0.00928. The van der Waals surface area contributed by atoms with Crippen LogP contribution in [-0.2, 0) is 18.2 Å². The Labute approximate surface area is 210 Å². The molecule has 3 rings (SSSR count). The predicted octanol–water partition coefficient (Wildman–Crippen LogP) is 3.66. The summed E-state index contributed by atoms with van der Waals surface area (Å²) < 4.78 is 7.55. The number of carbonyl (C=O) groups excluding carboxylic acids is 1. The van der Waals surface area contributed by atoms with Crippen molar-refractivity contribution in [1.82, 2.24) is 24.9 Å². The molecule has 1 aliphatic heterocycles. The molecule has 182 valence electrons. The van der Waals surface area contributed by atoms with Crippen LogP contribution < -0.4 is 5.32 Å². The number of aryl methyl sites for hydroxylation is 2. The van der Waals surface area contributed by atoms with E-state index >= 15 is 0 Å². The maximum Gasteiger partial charge on any atom is 0.410 e. The summed E-state index contributed by atoms with van der Waals surface area (Å²) in [5.41, 5.74) is 0.805. The first-order valence-electron chi connectivity index (χ1n) is 11.7. The van der Waals surface area contributed by atoms with E-state index in [-0.39, 0.29) is 36.1 Å². The van der Waals surface area contributed by atoms with Gasteiger partial charge in [0.15, 0.2) is 5.96 Å². The van der Waals surface area contributed by atoms with Crippen molar-refractivity contribution >= 4 is 36.0 Å². The van der Waals surface area contributed by atoms with Gasteiger partial charge in [0.2, 0.25) is 0 Å². The van der Waals surface area contributed by atoms with E-state index in [0.29, 0.717) is 5.92 Å². The molecule has 1 aromatic rings. The van der Waals surface area contributed by atoms with Gasteiger partial charge in [-0.1, -0.05) is 0 Å². The van der Waals surface area contributed by atoms with Crippen LogP contribution >= 0.6 is 24.0 Å². The van der Waals surface area contributed by atoms with E-state index in [1.807, 2.05) is 50.6 Å². The smallest absolute Gasteiger partial charge is 0.410 e. The number of nitrogens with one attached hydrogen (secondary N) is 1. The van der Waals surface area contributed by atoms with Crippen molar-refractivity contribution in [2.75, 3.05) is 33.2 Å². The van der Waals surface area contributed by atoms with Crippen LogP contribution in [0.3, 0.4) is 0 Å². The van der Waals surface area contributed by atoms with Gasteiger partial charge >= 0.3 is 6.09 Å². The zero-order chi connectivity index (χ0) is 22.4. The van der Waals surface area contributed by atoms with Crippen LogP contribution in [0, 0.1) is 5.92 Å². The topological polar surface area (TPSA) is 75.0 Å². The zero-order valence-corrected chi connectivity index (χ0v) is 22.7. The van der Waals surface area contributed by atoms with Crippen LogP contribution in [0.5, 0.6) is 0 Å². The third-order valence-corrected chi connectivity index (χ3v) is 5.88. The monoisotopic (exact) mass is 560 g/mol. The number of hydrogen-bond acceptors (Lipinski definition) is 4. The van der Waals surface area contributed by atoms with Gasteiger partial charge in [0.05, 0.1) is 6.20 Å². The molecule has 1 N–H and O–H groups in total. The van der Waals surface area contributed by atoms with Gasteiger partial charge < -0.3 is 19.9 Å². The molecule has 8 nitrogen and oxygen atoms in total. The Morgan fingerprint density at radius 2 is 1.97 bits per heavy atom. The number of aromatic nitrogens is 2. The fourth-order valence-corrected chi connectivity index (χ4v) is 4.09. The van der Waals surface area contributed by atoms with E-state index < -0.39 is 5.60 Å². The predicted molar refractivity (Wildman–Crippen MR) is 139 cm³/mol. The van der Waals surface area contributed by atoms with E-state index in [1.54, 1.807) is 0 Å².